The van der Waals surface area contributed by atoms with Crippen molar-refractivity contribution < 1.29 is 19.1 Å². The number of carbonyl (C=O) groups is 2. The van der Waals surface area contributed by atoms with E-state index in [0.29, 0.717) is 18.6 Å². The number of hydrogen-bond donors (Lipinski definition) is 2. The van der Waals surface area contributed by atoms with Crippen LogP contribution in [0, 0.1) is 5.41 Å². The van der Waals surface area contributed by atoms with Gasteiger partial charge in [-0.05, 0) is 56.4 Å². The monoisotopic (exact) mass is 398 g/mol. The van der Waals surface area contributed by atoms with Crippen LogP contribution in [0.1, 0.15) is 61.6 Å². The Morgan fingerprint density at radius 2 is 2.00 bits per heavy atom. The summed E-state index contributed by atoms with van der Waals surface area (Å²) in [4.78, 5) is 29.4. The molecule has 0 unspecified atom stereocenters. The van der Waals surface area contributed by atoms with Crippen LogP contribution in [0.15, 0.2) is 18.2 Å². The fourth-order valence-corrected chi connectivity index (χ4v) is 5.01. The predicted octanol–water partition coefficient (Wildman–Crippen LogP) is 3.52. The number of hydrogen-bond acceptors (Lipinski definition) is 4. The highest BCUT2D eigenvalue weighted by molar-refractivity contribution is 6.02. The summed E-state index contributed by atoms with van der Waals surface area (Å²) in [6, 6.07) is 5.72. The molecule has 1 fully saturated rings. The largest absolute Gasteiger partial charge is 0.467 e. The van der Waals surface area contributed by atoms with Crippen LogP contribution in [0.3, 0.4) is 0 Å². The molecule has 156 valence electrons. The average molecular weight is 399 g/mol. The van der Waals surface area contributed by atoms with E-state index in [2.05, 4.69) is 10.3 Å². The van der Waals surface area contributed by atoms with E-state index in [1.54, 1.807) is 0 Å². The van der Waals surface area contributed by atoms with Gasteiger partial charge in [0.25, 0.3) is 5.91 Å². The predicted molar refractivity (Wildman–Crippen MR) is 111 cm³/mol. The molecule has 0 bridgehead atoms. The highest BCUT2D eigenvalue weighted by Crippen LogP contribution is 2.52. The Morgan fingerprint density at radius 3 is 2.69 bits per heavy atom. The topological polar surface area (TPSA) is 80.4 Å². The smallest absolute Gasteiger partial charge is 0.332 e. The molecule has 6 heteroatoms. The number of fused-ring (bicyclic) bond motifs is 3. The summed E-state index contributed by atoms with van der Waals surface area (Å²) >= 11 is 0. The highest BCUT2D eigenvalue weighted by Gasteiger charge is 2.66. The molecule has 6 nitrogen and oxygen atoms in total. The summed E-state index contributed by atoms with van der Waals surface area (Å²) in [7, 11) is 1.36. The van der Waals surface area contributed by atoms with Crippen LogP contribution in [0.5, 0.6) is 0 Å². The first-order valence-corrected chi connectivity index (χ1v) is 10.5. The Kier molecular flexibility index (Phi) is 4.93. The molecule has 0 radical (unpaired) electrons. The number of ether oxygens (including phenoxy) is 2. The van der Waals surface area contributed by atoms with Gasteiger partial charge in [0.2, 0.25) is 0 Å². The van der Waals surface area contributed by atoms with Crippen LogP contribution < -0.4 is 5.32 Å². The SMILES string of the molecule is CCO[C@H]1C[C@@](NC(=O)c2ccc3[nH]c4c(c3c2)CCCC4)(C(=O)OC)C1(C)C. The minimum Gasteiger partial charge on any atom is -0.467 e. The normalized spacial score (nSPS) is 25.2. The van der Waals surface area contributed by atoms with Crippen molar-refractivity contribution in [2.24, 2.45) is 5.41 Å². The Balaban J connectivity index is 1.64. The van der Waals surface area contributed by atoms with Crippen molar-refractivity contribution in [3.63, 3.8) is 0 Å². The number of H-pyrrole nitrogens is 1. The summed E-state index contributed by atoms with van der Waals surface area (Å²) in [6.07, 6.45) is 4.78. The van der Waals surface area contributed by atoms with Crippen LogP contribution in [0.25, 0.3) is 10.9 Å². The zero-order valence-electron chi connectivity index (χ0n) is 17.7. The second-order valence-electron chi connectivity index (χ2n) is 8.77. The molecule has 2 N–H and O–H groups in total. The van der Waals surface area contributed by atoms with Crippen LogP contribution in [0.2, 0.25) is 0 Å². The fraction of sp³-hybridized carbons (Fsp3) is 0.565. The Bertz CT molecular complexity index is 961. The van der Waals surface area contributed by atoms with E-state index in [9.17, 15) is 9.59 Å². The maximum absolute atomic E-state index is 13.2. The van der Waals surface area contributed by atoms with Gasteiger partial charge >= 0.3 is 5.97 Å². The molecule has 4 rings (SSSR count). The molecule has 1 aromatic heterocycles. The maximum atomic E-state index is 13.2. The van der Waals surface area contributed by atoms with Crippen molar-refractivity contribution in [3.05, 3.63) is 35.0 Å². The molecule has 0 aliphatic heterocycles. The molecule has 0 spiro atoms. The van der Waals surface area contributed by atoms with Crippen LogP contribution in [-0.2, 0) is 27.1 Å². The van der Waals surface area contributed by atoms with Gasteiger partial charge in [0.1, 0.15) is 5.54 Å². The lowest BCUT2D eigenvalue weighted by molar-refractivity contribution is -0.193. The molecule has 2 atom stereocenters. The van der Waals surface area contributed by atoms with E-state index in [-0.39, 0.29) is 12.0 Å². The fourth-order valence-electron chi connectivity index (χ4n) is 5.01. The number of rotatable bonds is 5. The Morgan fingerprint density at radius 1 is 1.24 bits per heavy atom. The molecule has 0 saturated heterocycles. The minimum atomic E-state index is -1.09. The first-order chi connectivity index (χ1) is 13.8. The molecule has 2 aliphatic carbocycles. The molecular formula is C23H30N2O4. The quantitative estimate of drug-likeness (QED) is 0.755. The van der Waals surface area contributed by atoms with Gasteiger partial charge in [-0.15, -0.1) is 0 Å². The van der Waals surface area contributed by atoms with E-state index in [1.807, 2.05) is 39.0 Å². The number of nitrogens with one attached hydrogen (secondary N) is 2. The van der Waals surface area contributed by atoms with Crippen LogP contribution >= 0.6 is 0 Å². The zero-order chi connectivity index (χ0) is 20.8. The third-order valence-electron chi connectivity index (χ3n) is 6.99. The highest BCUT2D eigenvalue weighted by atomic mass is 16.5. The second kappa shape index (κ2) is 7.17. The van der Waals surface area contributed by atoms with E-state index >= 15 is 0 Å². The number of methoxy groups -OCH3 is 1. The van der Waals surface area contributed by atoms with E-state index in [0.717, 1.165) is 23.7 Å². The van der Waals surface area contributed by atoms with Gasteiger partial charge in [-0.2, -0.15) is 0 Å². The molecule has 1 saturated carbocycles. The summed E-state index contributed by atoms with van der Waals surface area (Å²) in [5.41, 5.74) is 2.58. The van der Waals surface area contributed by atoms with Crippen LogP contribution in [-0.4, -0.2) is 42.2 Å². The number of esters is 1. The molecular weight excluding hydrogens is 368 g/mol. The summed E-state index contributed by atoms with van der Waals surface area (Å²) in [5, 5.41) is 4.12. The molecule has 2 aliphatic rings. The van der Waals surface area contributed by atoms with Crippen molar-refractivity contribution in [2.45, 2.75) is 64.5 Å². The van der Waals surface area contributed by atoms with E-state index in [1.165, 1.54) is 31.2 Å². The van der Waals surface area contributed by atoms with Crippen molar-refractivity contribution >= 4 is 22.8 Å². The zero-order valence-corrected chi connectivity index (χ0v) is 17.7. The molecule has 1 heterocycles. The molecule has 2 aromatic rings. The van der Waals surface area contributed by atoms with Gasteiger partial charge in [-0.25, -0.2) is 4.79 Å². The molecule has 1 aromatic carbocycles. The molecule has 1 amide bonds. The standard InChI is InChI=1S/C23H30N2O4/c1-5-29-19-13-23(21(27)28-4,22(19,2)3)25-20(26)14-10-11-18-16(12-14)15-8-6-7-9-17(15)24-18/h10-12,19,24H,5-9,13H2,1-4H3,(H,25,26)/t19-,23+/m0/s1. The third kappa shape index (κ3) is 2.96. The number of benzene rings is 1. The van der Waals surface area contributed by atoms with Gasteiger partial charge in [-0.3, -0.25) is 4.79 Å². The second-order valence-corrected chi connectivity index (χ2v) is 8.77. The number of aryl methyl sites for hydroxylation is 2. The lowest BCUT2D eigenvalue weighted by Crippen LogP contribution is -2.76. The van der Waals surface area contributed by atoms with Gasteiger partial charge in [0.15, 0.2) is 0 Å². The number of aromatic nitrogens is 1. The van der Waals surface area contributed by atoms with Crippen molar-refractivity contribution in [3.8, 4) is 0 Å². The van der Waals surface area contributed by atoms with Crippen molar-refractivity contribution in [1.29, 1.82) is 0 Å². The van der Waals surface area contributed by atoms with E-state index in [4.69, 9.17) is 9.47 Å². The Labute approximate surface area is 171 Å². The van der Waals surface area contributed by atoms with Gasteiger partial charge in [0, 0.05) is 40.6 Å². The van der Waals surface area contributed by atoms with Crippen LogP contribution in [0.4, 0.5) is 0 Å². The average Bonchev–Trinajstić information content (AvgIpc) is 3.09. The third-order valence-corrected chi connectivity index (χ3v) is 6.99. The van der Waals surface area contributed by atoms with Gasteiger partial charge in [0.05, 0.1) is 13.2 Å². The lowest BCUT2D eigenvalue weighted by Gasteiger charge is -2.58. The number of amides is 1. The number of carbonyl (C=O) groups excluding carboxylic acids is 2. The summed E-state index contributed by atoms with van der Waals surface area (Å²) in [5.74, 6) is -0.682. The van der Waals surface area contributed by atoms with Crippen molar-refractivity contribution in [1.82, 2.24) is 10.3 Å². The first-order valence-electron chi connectivity index (χ1n) is 10.5. The summed E-state index contributed by atoms with van der Waals surface area (Å²) in [6.45, 7) is 6.38. The molecule has 29 heavy (non-hydrogen) atoms. The van der Waals surface area contributed by atoms with E-state index < -0.39 is 16.9 Å². The Hall–Kier alpha value is -2.34. The summed E-state index contributed by atoms with van der Waals surface area (Å²) < 4.78 is 10.9. The van der Waals surface area contributed by atoms with Gasteiger partial charge in [-0.1, -0.05) is 13.8 Å². The number of aromatic amines is 1. The lowest BCUT2D eigenvalue weighted by atomic mass is 9.54. The minimum absolute atomic E-state index is 0.105. The maximum Gasteiger partial charge on any atom is 0.332 e. The van der Waals surface area contributed by atoms with Crippen molar-refractivity contribution in [2.75, 3.05) is 13.7 Å². The first kappa shape index (κ1) is 20.0. The van der Waals surface area contributed by atoms with Gasteiger partial charge < -0.3 is 19.8 Å².